The predicted octanol–water partition coefficient (Wildman–Crippen LogP) is 4.08. The number of aryl methyl sites for hydroxylation is 1. The molecule has 0 unspecified atom stereocenters. The first-order chi connectivity index (χ1) is 16.5. The number of likely N-dealkylation sites (N-methyl/N-ethyl adjacent to an activating group) is 1. The maximum absolute atomic E-state index is 15.0. The summed E-state index contributed by atoms with van der Waals surface area (Å²) in [5, 5.41) is 5.31. The van der Waals surface area contributed by atoms with Crippen LogP contribution in [0.5, 0.6) is 5.75 Å². The van der Waals surface area contributed by atoms with Crippen LogP contribution in [-0.2, 0) is 18.4 Å². The van der Waals surface area contributed by atoms with Gasteiger partial charge in [-0.05, 0) is 29.3 Å². The molecule has 1 amide bonds. The summed E-state index contributed by atoms with van der Waals surface area (Å²) in [6.07, 6.45) is -3.26. The van der Waals surface area contributed by atoms with Gasteiger partial charge in [0.1, 0.15) is 22.9 Å². The number of anilines is 1. The van der Waals surface area contributed by atoms with Gasteiger partial charge in [-0.3, -0.25) is 9.48 Å². The Morgan fingerprint density at radius 1 is 1.26 bits per heavy atom. The van der Waals surface area contributed by atoms with Gasteiger partial charge in [0.05, 0.1) is 36.5 Å². The maximum Gasteiger partial charge on any atom is 0.573 e. The number of nitrogens with zero attached hydrogens (tertiary/aromatic N) is 4. The van der Waals surface area contributed by atoms with E-state index in [0.29, 0.717) is 27.4 Å². The summed E-state index contributed by atoms with van der Waals surface area (Å²) >= 11 is 0. The Hall–Kier alpha value is -3.93. The predicted molar refractivity (Wildman–Crippen MR) is 118 cm³/mol. The number of carbonyl (C=O) groups excluding carboxylic acids is 1. The number of nitrogens with two attached hydrogens (primary N) is 1. The van der Waals surface area contributed by atoms with E-state index in [0.717, 1.165) is 6.07 Å². The number of carbonyl (C=O) groups is 1. The average Bonchev–Trinajstić information content (AvgIpc) is 3.18. The number of alkyl halides is 3. The van der Waals surface area contributed by atoms with E-state index in [1.165, 1.54) is 36.2 Å². The van der Waals surface area contributed by atoms with Crippen LogP contribution in [0.4, 0.5) is 23.4 Å². The number of hydrogen-bond acceptors (Lipinski definition) is 6. The van der Waals surface area contributed by atoms with Gasteiger partial charge in [-0.15, -0.1) is 13.2 Å². The number of aromatic nitrogens is 3. The van der Waals surface area contributed by atoms with Gasteiger partial charge in [0.25, 0.3) is 5.91 Å². The minimum absolute atomic E-state index is 0.0549. The number of fused-ring (bicyclic) bond motifs is 4. The number of benzene rings is 2. The van der Waals surface area contributed by atoms with E-state index in [2.05, 4.69) is 14.8 Å². The second kappa shape index (κ2) is 8.08. The lowest BCUT2D eigenvalue weighted by atomic mass is 9.97. The first-order valence-corrected chi connectivity index (χ1v) is 10.5. The zero-order valence-corrected chi connectivity index (χ0v) is 18.6. The molecule has 0 saturated heterocycles. The fourth-order valence-corrected chi connectivity index (χ4v) is 4.41. The molecule has 2 aromatic carbocycles. The minimum Gasteiger partial charge on any atom is -0.406 e. The number of halogens is 4. The molecule has 0 radical (unpaired) electrons. The first kappa shape index (κ1) is 22.8. The normalized spacial score (nSPS) is 15.9. The van der Waals surface area contributed by atoms with Gasteiger partial charge in [0, 0.05) is 30.9 Å². The van der Waals surface area contributed by atoms with Crippen LogP contribution in [0.25, 0.3) is 21.8 Å². The lowest BCUT2D eigenvalue weighted by molar-refractivity contribution is -0.274. The van der Waals surface area contributed by atoms with E-state index in [4.69, 9.17) is 10.5 Å². The van der Waals surface area contributed by atoms with E-state index in [1.54, 1.807) is 17.9 Å². The molecule has 12 heteroatoms. The number of pyridine rings is 1. The lowest BCUT2D eigenvalue weighted by Crippen LogP contribution is -2.36. The van der Waals surface area contributed by atoms with Crippen molar-refractivity contribution in [3.05, 3.63) is 59.0 Å². The van der Waals surface area contributed by atoms with Crippen LogP contribution in [0.15, 0.2) is 36.5 Å². The molecule has 182 valence electrons. The van der Waals surface area contributed by atoms with Crippen LogP contribution >= 0.6 is 0 Å². The molecule has 0 bridgehead atoms. The third-order valence-electron chi connectivity index (χ3n) is 6.06. The van der Waals surface area contributed by atoms with Crippen LogP contribution in [0.2, 0.25) is 0 Å². The third kappa shape index (κ3) is 3.99. The molecule has 1 aliphatic rings. The van der Waals surface area contributed by atoms with Gasteiger partial charge < -0.3 is 20.1 Å². The van der Waals surface area contributed by atoms with E-state index in [9.17, 15) is 18.0 Å². The smallest absolute Gasteiger partial charge is 0.406 e. The summed E-state index contributed by atoms with van der Waals surface area (Å²) in [5.74, 6) is -1.61. The molecule has 35 heavy (non-hydrogen) atoms. The molecule has 0 fully saturated rings. The highest BCUT2D eigenvalue weighted by Crippen LogP contribution is 2.35. The van der Waals surface area contributed by atoms with Gasteiger partial charge in [-0.25, -0.2) is 9.37 Å². The molecule has 2 aromatic heterocycles. The second-order valence-corrected chi connectivity index (χ2v) is 8.23. The monoisotopic (exact) mass is 489 g/mol. The Labute approximate surface area is 195 Å². The van der Waals surface area contributed by atoms with Gasteiger partial charge in [-0.2, -0.15) is 5.10 Å². The van der Waals surface area contributed by atoms with Crippen molar-refractivity contribution in [2.45, 2.75) is 19.0 Å². The van der Waals surface area contributed by atoms with Gasteiger partial charge >= 0.3 is 6.36 Å². The summed E-state index contributed by atoms with van der Waals surface area (Å²) in [7, 11) is 3.18. The summed E-state index contributed by atoms with van der Waals surface area (Å²) in [4.78, 5) is 18.9. The fraction of sp³-hybridized carbons (Fsp3) is 0.261. The topological polar surface area (TPSA) is 95.5 Å². The van der Waals surface area contributed by atoms with Crippen molar-refractivity contribution in [1.29, 1.82) is 0 Å². The molecular weight excluding hydrogens is 470 g/mol. The Kier molecular flexibility index (Phi) is 5.28. The van der Waals surface area contributed by atoms with Crippen LogP contribution in [0, 0.1) is 5.82 Å². The number of nitrogen functional groups attached to an aromatic ring is 1. The van der Waals surface area contributed by atoms with Gasteiger partial charge in [-0.1, -0.05) is 6.07 Å². The number of amides is 1. The number of ether oxygens (including phenoxy) is 2. The Morgan fingerprint density at radius 2 is 2.03 bits per heavy atom. The summed E-state index contributed by atoms with van der Waals surface area (Å²) in [6.45, 7) is 0.147. The maximum atomic E-state index is 15.0. The van der Waals surface area contributed by atoms with Crippen molar-refractivity contribution in [1.82, 2.24) is 19.7 Å². The SMILES string of the molecule is CN(C(=O)c1cc2c(cc1F)nc(N)c1c2cnn1C)[C@H]1COCc2cc(OC(F)(F)F)ccc21. The minimum atomic E-state index is -4.83. The lowest BCUT2D eigenvalue weighted by Gasteiger charge is -2.33. The molecule has 0 saturated carbocycles. The Bertz CT molecular complexity index is 1480. The van der Waals surface area contributed by atoms with Crippen molar-refractivity contribution in [2.24, 2.45) is 7.05 Å². The zero-order valence-electron chi connectivity index (χ0n) is 18.6. The Balaban J connectivity index is 1.52. The van der Waals surface area contributed by atoms with Crippen LogP contribution in [0.3, 0.4) is 0 Å². The van der Waals surface area contributed by atoms with Crippen molar-refractivity contribution in [3.8, 4) is 5.75 Å². The summed E-state index contributed by atoms with van der Waals surface area (Å²) < 4.78 is 63.8. The second-order valence-electron chi connectivity index (χ2n) is 8.23. The van der Waals surface area contributed by atoms with E-state index in [-0.39, 0.29) is 35.9 Å². The van der Waals surface area contributed by atoms with E-state index in [1.807, 2.05) is 0 Å². The third-order valence-corrected chi connectivity index (χ3v) is 6.06. The molecule has 0 aliphatic carbocycles. The quantitative estimate of drug-likeness (QED) is 0.436. The number of rotatable bonds is 3. The summed E-state index contributed by atoms with van der Waals surface area (Å²) in [6, 6.07) is 5.75. The Morgan fingerprint density at radius 3 is 2.77 bits per heavy atom. The molecule has 1 aliphatic heterocycles. The van der Waals surface area contributed by atoms with Gasteiger partial charge in [0.2, 0.25) is 0 Å². The van der Waals surface area contributed by atoms with Crippen molar-refractivity contribution in [2.75, 3.05) is 19.4 Å². The molecule has 0 spiro atoms. The van der Waals surface area contributed by atoms with E-state index < -0.39 is 24.1 Å². The fourth-order valence-electron chi connectivity index (χ4n) is 4.41. The standard InChI is InChI=1S/C23H19F4N5O3/c1-31(19-10-34-9-11-5-12(3-4-13(11)19)35-23(25,26)27)22(33)15-6-14-16-8-29-32(2)20(16)21(28)30-18(14)7-17(15)24/h3-8,19H,9-10H2,1-2H3,(H2,28,30)/t19-/m0/s1. The van der Waals surface area contributed by atoms with E-state index >= 15 is 4.39 Å². The zero-order chi connectivity index (χ0) is 25.1. The van der Waals surface area contributed by atoms with Gasteiger partial charge in [0.15, 0.2) is 0 Å². The van der Waals surface area contributed by atoms with Crippen molar-refractivity contribution < 1.29 is 31.8 Å². The summed E-state index contributed by atoms with van der Waals surface area (Å²) in [5.41, 5.74) is 7.67. The van der Waals surface area contributed by atoms with Crippen molar-refractivity contribution in [3.63, 3.8) is 0 Å². The molecular formula is C23H19F4N5O3. The van der Waals surface area contributed by atoms with Crippen LogP contribution in [0.1, 0.15) is 27.5 Å². The highest BCUT2D eigenvalue weighted by molar-refractivity contribution is 6.10. The highest BCUT2D eigenvalue weighted by Gasteiger charge is 2.33. The molecule has 2 N–H and O–H groups in total. The molecule has 3 heterocycles. The van der Waals surface area contributed by atoms with Crippen LogP contribution in [-0.4, -0.2) is 45.6 Å². The highest BCUT2D eigenvalue weighted by atomic mass is 19.4. The average molecular weight is 489 g/mol. The first-order valence-electron chi connectivity index (χ1n) is 10.5. The number of hydrogen-bond donors (Lipinski definition) is 1. The molecule has 4 aromatic rings. The van der Waals surface area contributed by atoms with Crippen LogP contribution < -0.4 is 10.5 Å². The molecule has 8 nitrogen and oxygen atoms in total. The molecule has 5 rings (SSSR count). The largest absolute Gasteiger partial charge is 0.573 e. The molecule has 1 atom stereocenters. The van der Waals surface area contributed by atoms with Crippen molar-refractivity contribution >= 4 is 33.5 Å².